The SMILES string of the molecule is COc1ccc(/C(C)=N\N=C(c2ccccc2)c2ccccc2)c(OC)c1. The maximum atomic E-state index is 5.48. The topological polar surface area (TPSA) is 43.2 Å². The van der Waals surface area contributed by atoms with E-state index in [0.29, 0.717) is 5.75 Å². The number of hydrogen-bond acceptors (Lipinski definition) is 4. The zero-order chi connectivity index (χ0) is 19.1. The second kappa shape index (κ2) is 8.81. The fourth-order valence-corrected chi connectivity index (χ4v) is 2.75. The molecule has 27 heavy (non-hydrogen) atoms. The third-order valence-electron chi connectivity index (χ3n) is 4.19. The lowest BCUT2D eigenvalue weighted by Gasteiger charge is -2.10. The Hall–Kier alpha value is -3.40. The quantitative estimate of drug-likeness (QED) is 0.461. The van der Waals surface area contributed by atoms with Crippen LogP contribution in [0, 0.1) is 0 Å². The normalized spacial score (nSPS) is 11.0. The molecule has 0 unspecified atom stereocenters. The van der Waals surface area contributed by atoms with Crippen LogP contribution in [-0.2, 0) is 0 Å². The Bertz CT molecular complexity index is 907. The van der Waals surface area contributed by atoms with Crippen LogP contribution in [0.2, 0.25) is 0 Å². The van der Waals surface area contributed by atoms with Gasteiger partial charge in [-0.05, 0) is 19.1 Å². The van der Waals surface area contributed by atoms with E-state index >= 15 is 0 Å². The summed E-state index contributed by atoms with van der Waals surface area (Å²) in [7, 11) is 3.26. The summed E-state index contributed by atoms with van der Waals surface area (Å²) in [6, 6.07) is 25.7. The van der Waals surface area contributed by atoms with E-state index in [1.54, 1.807) is 14.2 Å². The van der Waals surface area contributed by atoms with E-state index in [4.69, 9.17) is 9.47 Å². The minimum atomic E-state index is 0.701. The van der Waals surface area contributed by atoms with Crippen molar-refractivity contribution in [2.24, 2.45) is 10.2 Å². The number of ether oxygens (including phenoxy) is 2. The van der Waals surface area contributed by atoms with E-state index < -0.39 is 0 Å². The Morgan fingerprint density at radius 3 is 1.81 bits per heavy atom. The van der Waals surface area contributed by atoms with E-state index in [1.807, 2.05) is 85.8 Å². The Balaban J connectivity index is 2.03. The first kappa shape index (κ1) is 18.4. The molecule has 4 heteroatoms. The van der Waals surface area contributed by atoms with Gasteiger partial charge in [0.15, 0.2) is 0 Å². The number of methoxy groups -OCH3 is 2. The van der Waals surface area contributed by atoms with Crippen molar-refractivity contribution < 1.29 is 9.47 Å². The fourth-order valence-electron chi connectivity index (χ4n) is 2.75. The highest BCUT2D eigenvalue weighted by atomic mass is 16.5. The summed E-state index contributed by atoms with van der Waals surface area (Å²) in [4.78, 5) is 0. The van der Waals surface area contributed by atoms with Crippen LogP contribution in [0.25, 0.3) is 0 Å². The molecule has 0 heterocycles. The summed E-state index contributed by atoms with van der Waals surface area (Å²) >= 11 is 0. The van der Waals surface area contributed by atoms with E-state index in [0.717, 1.165) is 33.9 Å². The molecule has 0 bridgehead atoms. The van der Waals surface area contributed by atoms with Gasteiger partial charge in [-0.3, -0.25) is 0 Å². The zero-order valence-electron chi connectivity index (χ0n) is 15.7. The van der Waals surface area contributed by atoms with Crippen LogP contribution in [0.15, 0.2) is 89.1 Å². The average molecular weight is 358 g/mol. The predicted molar refractivity (Wildman–Crippen MR) is 110 cm³/mol. The van der Waals surface area contributed by atoms with E-state index in [2.05, 4.69) is 10.2 Å². The number of nitrogens with zero attached hydrogens (tertiary/aromatic N) is 2. The summed E-state index contributed by atoms with van der Waals surface area (Å²) in [5.41, 5.74) is 4.49. The van der Waals surface area contributed by atoms with Crippen molar-refractivity contribution in [2.75, 3.05) is 14.2 Å². The first-order valence-corrected chi connectivity index (χ1v) is 8.68. The molecule has 0 radical (unpaired) electrons. The van der Waals surface area contributed by atoms with Crippen molar-refractivity contribution in [3.05, 3.63) is 95.6 Å². The lowest BCUT2D eigenvalue weighted by atomic mass is 10.0. The fraction of sp³-hybridized carbons (Fsp3) is 0.130. The Labute approximate surface area is 159 Å². The third kappa shape index (κ3) is 4.42. The zero-order valence-corrected chi connectivity index (χ0v) is 15.7. The second-order valence-electron chi connectivity index (χ2n) is 5.93. The van der Waals surface area contributed by atoms with Crippen LogP contribution in [0.1, 0.15) is 23.6 Å². The van der Waals surface area contributed by atoms with Gasteiger partial charge < -0.3 is 9.47 Å². The third-order valence-corrected chi connectivity index (χ3v) is 4.19. The monoisotopic (exact) mass is 358 g/mol. The molecule has 0 aliphatic heterocycles. The second-order valence-corrected chi connectivity index (χ2v) is 5.93. The lowest BCUT2D eigenvalue weighted by molar-refractivity contribution is 0.394. The molecule has 3 rings (SSSR count). The Morgan fingerprint density at radius 2 is 1.30 bits per heavy atom. The molecule has 0 fully saturated rings. The molecule has 0 atom stereocenters. The van der Waals surface area contributed by atoms with E-state index in [9.17, 15) is 0 Å². The number of benzene rings is 3. The van der Waals surface area contributed by atoms with Crippen molar-refractivity contribution in [3.63, 3.8) is 0 Å². The van der Waals surface area contributed by atoms with Gasteiger partial charge in [0.1, 0.15) is 17.2 Å². The Kier molecular flexibility index (Phi) is 6.00. The molecular weight excluding hydrogens is 336 g/mol. The lowest BCUT2D eigenvalue weighted by Crippen LogP contribution is -2.04. The highest BCUT2D eigenvalue weighted by Crippen LogP contribution is 2.25. The maximum Gasteiger partial charge on any atom is 0.131 e. The molecule has 0 aliphatic rings. The first-order valence-electron chi connectivity index (χ1n) is 8.68. The first-order chi connectivity index (χ1) is 13.2. The molecule has 0 aliphatic carbocycles. The van der Waals surface area contributed by atoms with Gasteiger partial charge in [-0.15, -0.1) is 5.10 Å². The number of rotatable bonds is 6. The predicted octanol–water partition coefficient (Wildman–Crippen LogP) is 4.97. The van der Waals surface area contributed by atoms with Gasteiger partial charge in [0, 0.05) is 22.8 Å². The van der Waals surface area contributed by atoms with E-state index in [1.165, 1.54) is 0 Å². The van der Waals surface area contributed by atoms with Crippen LogP contribution in [0.4, 0.5) is 0 Å². The summed E-state index contributed by atoms with van der Waals surface area (Å²) < 4.78 is 10.7. The minimum Gasteiger partial charge on any atom is -0.497 e. The van der Waals surface area contributed by atoms with Gasteiger partial charge in [-0.1, -0.05) is 60.7 Å². The van der Waals surface area contributed by atoms with E-state index in [-0.39, 0.29) is 0 Å². The van der Waals surface area contributed by atoms with Gasteiger partial charge in [-0.2, -0.15) is 5.10 Å². The summed E-state index contributed by atoms with van der Waals surface area (Å²) in [5, 5.41) is 9.07. The Morgan fingerprint density at radius 1 is 0.704 bits per heavy atom. The summed E-state index contributed by atoms with van der Waals surface area (Å²) in [6.07, 6.45) is 0. The van der Waals surface area contributed by atoms with Gasteiger partial charge >= 0.3 is 0 Å². The highest BCUT2D eigenvalue weighted by Gasteiger charge is 2.09. The van der Waals surface area contributed by atoms with Crippen molar-refractivity contribution in [3.8, 4) is 11.5 Å². The molecule has 136 valence electrons. The number of hydrogen-bond donors (Lipinski definition) is 0. The molecule has 0 saturated heterocycles. The van der Waals surface area contributed by atoms with Crippen LogP contribution >= 0.6 is 0 Å². The van der Waals surface area contributed by atoms with Crippen molar-refractivity contribution in [1.82, 2.24) is 0 Å². The molecule has 0 saturated carbocycles. The van der Waals surface area contributed by atoms with Crippen LogP contribution < -0.4 is 9.47 Å². The van der Waals surface area contributed by atoms with Crippen molar-refractivity contribution in [2.45, 2.75) is 6.92 Å². The molecule has 3 aromatic carbocycles. The van der Waals surface area contributed by atoms with Gasteiger partial charge in [0.2, 0.25) is 0 Å². The largest absolute Gasteiger partial charge is 0.497 e. The van der Waals surface area contributed by atoms with Crippen molar-refractivity contribution in [1.29, 1.82) is 0 Å². The average Bonchev–Trinajstić information content (AvgIpc) is 2.74. The molecule has 0 N–H and O–H groups in total. The summed E-state index contributed by atoms with van der Waals surface area (Å²) in [5.74, 6) is 1.44. The van der Waals surface area contributed by atoms with Gasteiger partial charge in [-0.25, -0.2) is 0 Å². The maximum absolute atomic E-state index is 5.48. The standard InChI is InChI=1S/C23H22N2O2/c1-17(21-15-14-20(26-2)16-22(21)27-3)24-25-23(18-10-6-4-7-11-18)19-12-8-5-9-13-19/h4-16H,1-3H3/b24-17-. The van der Waals surface area contributed by atoms with Gasteiger partial charge in [0.05, 0.1) is 19.9 Å². The minimum absolute atomic E-state index is 0.701. The molecule has 3 aromatic rings. The summed E-state index contributed by atoms with van der Waals surface area (Å²) in [6.45, 7) is 1.92. The molecule has 0 spiro atoms. The van der Waals surface area contributed by atoms with Crippen LogP contribution in [0.3, 0.4) is 0 Å². The van der Waals surface area contributed by atoms with Crippen molar-refractivity contribution >= 4 is 11.4 Å². The highest BCUT2D eigenvalue weighted by molar-refractivity contribution is 6.13. The van der Waals surface area contributed by atoms with Crippen LogP contribution in [-0.4, -0.2) is 25.6 Å². The molecule has 0 amide bonds. The molecule has 4 nitrogen and oxygen atoms in total. The molecular formula is C23H22N2O2. The smallest absolute Gasteiger partial charge is 0.131 e. The molecule has 0 aromatic heterocycles. The van der Waals surface area contributed by atoms with Gasteiger partial charge in [0.25, 0.3) is 0 Å². The van der Waals surface area contributed by atoms with Crippen LogP contribution in [0.5, 0.6) is 11.5 Å².